The van der Waals surface area contributed by atoms with Gasteiger partial charge in [0.1, 0.15) is 0 Å². The van der Waals surface area contributed by atoms with Gasteiger partial charge in [-0.05, 0) is 31.0 Å². The van der Waals surface area contributed by atoms with E-state index in [9.17, 15) is 14.4 Å². The first kappa shape index (κ1) is 18.4. The summed E-state index contributed by atoms with van der Waals surface area (Å²) in [6, 6.07) is 8.54. The molecule has 0 unspecified atom stereocenters. The molecule has 0 spiro atoms. The molecule has 0 heterocycles. The number of likely N-dealkylation sites (N-methyl/N-ethyl adjacent to an activating group) is 1. The summed E-state index contributed by atoms with van der Waals surface area (Å²) in [6.45, 7) is 0. The van der Waals surface area contributed by atoms with Crippen molar-refractivity contribution in [3.05, 3.63) is 29.8 Å². The number of amides is 2. The number of nitrogens with two attached hydrogens (primary N) is 1. The number of nitrogens with zero attached hydrogens (tertiary/aromatic N) is 2. The van der Waals surface area contributed by atoms with E-state index >= 15 is 0 Å². The van der Waals surface area contributed by atoms with Gasteiger partial charge in [0.25, 0.3) is 5.91 Å². The number of carbonyl (C=O) groups excluding carboxylic acids is 3. The molecule has 122 valence electrons. The van der Waals surface area contributed by atoms with Crippen LogP contribution in [-0.2, 0) is 14.4 Å². The van der Waals surface area contributed by atoms with Gasteiger partial charge >= 0.3 is 0 Å². The number of Topliss-reactive ketones (excluding diaryl/α,β-unsaturated/α-hetero) is 1. The molecule has 0 aliphatic rings. The van der Waals surface area contributed by atoms with E-state index in [-0.39, 0.29) is 12.3 Å². The lowest BCUT2D eigenvalue weighted by Crippen LogP contribution is -2.33. The van der Waals surface area contributed by atoms with E-state index in [1.54, 1.807) is 24.3 Å². The van der Waals surface area contributed by atoms with Crippen LogP contribution in [0.2, 0.25) is 0 Å². The molecule has 2 amide bonds. The van der Waals surface area contributed by atoms with E-state index in [4.69, 9.17) is 11.0 Å². The molecule has 0 atom stereocenters. The normalized spacial score (nSPS) is 9.91. The molecule has 0 fully saturated rings. The number of ketones is 1. The van der Waals surface area contributed by atoms with Crippen LogP contribution in [0.25, 0.3) is 0 Å². The first-order valence-electron chi connectivity index (χ1n) is 7.55. The van der Waals surface area contributed by atoms with Crippen molar-refractivity contribution in [1.82, 2.24) is 0 Å². The van der Waals surface area contributed by atoms with Gasteiger partial charge in [-0.1, -0.05) is 18.9 Å². The van der Waals surface area contributed by atoms with Crippen LogP contribution < -0.4 is 10.6 Å². The first-order valence-corrected chi connectivity index (χ1v) is 7.55. The van der Waals surface area contributed by atoms with Crippen LogP contribution in [0.4, 0.5) is 5.69 Å². The molecule has 1 aromatic carbocycles. The van der Waals surface area contributed by atoms with Gasteiger partial charge in [-0.25, -0.2) is 0 Å². The summed E-state index contributed by atoms with van der Waals surface area (Å²) in [7, 11) is 1.52. The van der Waals surface area contributed by atoms with E-state index in [2.05, 4.69) is 0 Å². The zero-order valence-corrected chi connectivity index (χ0v) is 13.2. The van der Waals surface area contributed by atoms with Gasteiger partial charge in [0.15, 0.2) is 0 Å². The zero-order valence-electron chi connectivity index (χ0n) is 13.2. The number of hydrogen-bond donors (Lipinski definition) is 1. The summed E-state index contributed by atoms with van der Waals surface area (Å²) < 4.78 is 0. The second-order valence-corrected chi connectivity index (χ2v) is 5.33. The van der Waals surface area contributed by atoms with Gasteiger partial charge in [-0.2, -0.15) is 5.26 Å². The molecule has 1 aromatic rings. The molecule has 0 saturated heterocycles. The molecular weight excluding hydrogens is 294 g/mol. The van der Waals surface area contributed by atoms with Crippen molar-refractivity contribution in [3.63, 3.8) is 0 Å². The molecule has 2 N–H and O–H groups in total. The van der Waals surface area contributed by atoms with Crippen LogP contribution in [0.3, 0.4) is 0 Å². The highest BCUT2D eigenvalue weighted by Gasteiger charge is 2.19. The number of primary amides is 1. The number of rotatable bonds is 9. The molecule has 0 aliphatic carbocycles. The van der Waals surface area contributed by atoms with E-state index in [1.807, 2.05) is 6.07 Å². The first-order chi connectivity index (χ1) is 11.0. The summed E-state index contributed by atoms with van der Waals surface area (Å²) in [5.41, 5.74) is 5.99. The lowest BCUT2D eigenvalue weighted by atomic mass is 10.1. The monoisotopic (exact) mass is 315 g/mol. The molecule has 0 bridgehead atoms. The quantitative estimate of drug-likeness (QED) is 0.555. The van der Waals surface area contributed by atoms with Crippen molar-refractivity contribution in [2.75, 3.05) is 11.9 Å². The summed E-state index contributed by atoms with van der Waals surface area (Å²) in [5, 5.41) is 8.86. The molecule has 0 aromatic heterocycles. The number of benzene rings is 1. The van der Waals surface area contributed by atoms with Gasteiger partial charge in [-0.15, -0.1) is 0 Å². The van der Waals surface area contributed by atoms with E-state index < -0.39 is 11.7 Å². The molecular formula is C17H21N3O3. The van der Waals surface area contributed by atoms with Crippen molar-refractivity contribution in [3.8, 4) is 6.07 Å². The predicted octanol–water partition coefficient (Wildman–Crippen LogP) is 1.92. The number of unbranched alkanes of at least 4 members (excludes halogenated alkanes) is 3. The topological polar surface area (TPSA) is 104 Å². The van der Waals surface area contributed by atoms with Crippen molar-refractivity contribution in [2.45, 2.75) is 38.5 Å². The SMILES string of the molecule is CN(C(=O)C(=O)CCCCCCC(N)=O)c1cccc(C#N)c1. The van der Waals surface area contributed by atoms with Gasteiger partial charge in [0.2, 0.25) is 11.7 Å². The Morgan fingerprint density at radius 1 is 1.13 bits per heavy atom. The minimum absolute atomic E-state index is 0.178. The fraction of sp³-hybridized carbons (Fsp3) is 0.412. The van der Waals surface area contributed by atoms with Crippen LogP contribution in [0.5, 0.6) is 0 Å². The summed E-state index contributed by atoms with van der Waals surface area (Å²) in [4.78, 5) is 35.9. The molecule has 6 nitrogen and oxygen atoms in total. The third kappa shape index (κ3) is 6.30. The van der Waals surface area contributed by atoms with Gasteiger partial charge < -0.3 is 10.6 Å². The number of carbonyl (C=O) groups is 3. The molecule has 6 heteroatoms. The maximum atomic E-state index is 12.1. The molecule has 0 aliphatic heterocycles. The number of hydrogen-bond acceptors (Lipinski definition) is 4. The van der Waals surface area contributed by atoms with Crippen molar-refractivity contribution < 1.29 is 14.4 Å². The third-order valence-electron chi connectivity index (χ3n) is 3.48. The van der Waals surface area contributed by atoms with Crippen LogP contribution >= 0.6 is 0 Å². The average Bonchev–Trinajstić information content (AvgIpc) is 2.56. The Labute approximate surface area is 135 Å². The Morgan fingerprint density at radius 2 is 1.78 bits per heavy atom. The standard InChI is InChI=1S/C17H21N3O3/c1-20(14-8-6-7-13(11-14)12-18)17(23)15(21)9-4-2-3-5-10-16(19)22/h6-8,11H,2-5,9-10H2,1H3,(H2,19,22). The maximum Gasteiger partial charge on any atom is 0.294 e. The highest BCUT2D eigenvalue weighted by molar-refractivity contribution is 6.41. The second-order valence-electron chi connectivity index (χ2n) is 5.33. The number of anilines is 1. The highest BCUT2D eigenvalue weighted by Crippen LogP contribution is 2.15. The molecule has 0 saturated carbocycles. The zero-order chi connectivity index (χ0) is 17.2. The molecule has 0 radical (unpaired) electrons. The van der Waals surface area contributed by atoms with Gasteiger partial charge in [0, 0.05) is 25.6 Å². The Morgan fingerprint density at radius 3 is 2.39 bits per heavy atom. The molecule has 23 heavy (non-hydrogen) atoms. The second kappa shape index (κ2) is 9.36. The lowest BCUT2D eigenvalue weighted by Gasteiger charge is -2.16. The van der Waals surface area contributed by atoms with Crippen molar-refractivity contribution >= 4 is 23.3 Å². The Hall–Kier alpha value is -2.68. The van der Waals surface area contributed by atoms with Crippen LogP contribution in [-0.4, -0.2) is 24.6 Å². The van der Waals surface area contributed by atoms with E-state index in [1.165, 1.54) is 11.9 Å². The van der Waals surface area contributed by atoms with Crippen molar-refractivity contribution in [1.29, 1.82) is 5.26 Å². The summed E-state index contributed by atoms with van der Waals surface area (Å²) in [6.07, 6.45) is 3.43. The fourth-order valence-corrected chi connectivity index (χ4v) is 2.13. The van der Waals surface area contributed by atoms with Crippen LogP contribution in [0, 0.1) is 11.3 Å². The summed E-state index contributed by atoms with van der Waals surface area (Å²) in [5.74, 6) is -1.36. The predicted molar refractivity (Wildman–Crippen MR) is 86.5 cm³/mol. The van der Waals surface area contributed by atoms with Gasteiger partial charge in [-0.3, -0.25) is 14.4 Å². The van der Waals surface area contributed by atoms with E-state index in [0.717, 1.165) is 12.8 Å². The van der Waals surface area contributed by atoms with Gasteiger partial charge in [0.05, 0.1) is 11.6 Å². The largest absolute Gasteiger partial charge is 0.370 e. The Kier molecular flexibility index (Phi) is 7.48. The third-order valence-corrected chi connectivity index (χ3v) is 3.48. The maximum absolute atomic E-state index is 12.1. The number of nitriles is 1. The Bertz CT molecular complexity index is 620. The minimum Gasteiger partial charge on any atom is -0.370 e. The smallest absolute Gasteiger partial charge is 0.294 e. The fourth-order valence-electron chi connectivity index (χ4n) is 2.13. The lowest BCUT2D eigenvalue weighted by molar-refractivity contribution is -0.136. The average molecular weight is 315 g/mol. The van der Waals surface area contributed by atoms with Crippen molar-refractivity contribution in [2.24, 2.45) is 5.73 Å². The molecule has 1 rings (SSSR count). The highest BCUT2D eigenvalue weighted by atomic mass is 16.2. The van der Waals surface area contributed by atoms with Crippen LogP contribution in [0.15, 0.2) is 24.3 Å². The minimum atomic E-state index is -0.586. The van der Waals surface area contributed by atoms with Crippen LogP contribution in [0.1, 0.15) is 44.1 Å². The van der Waals surface area contributed by atoms with E-state index in [0.29, 0.717) is 30.5 Å². The Balaban J connectivity index is 2.42. The summed E-state index contributed by atoms with van der Waals surface area (Å²) >= 11 is 0.